The average molecular weight is 510 g/mol. The van der Waals surface area contributed by atoms with Gasteiger partial charge in [0.05, 0.1) is 36.4 Å². The number of methoxy groups -OCH3 is 2. The highest BCUT2D eigenvalue weighted by Crippen LogP contribution is 2.54. The van der Waals surface area contributed by atoms with Gasteiger partial charge in [0.15, 0.2) is 6.54 Å². The number of hydrogen-bond acceptors (Lipinski definition) is 3. The van der Waals surface area contributed by atoms with Gasteiger partial charge in [-0.1, -0.05) is 78.9 Å². The molecule has 1 aliphatic rings. The van der Waals surface area contributed by atoms with E-state index in [4.69, 9.17) is 9.47 Å². The third-order valence-corrected chi connectivity index (χ3v) is 7.75. The van der Waals surface area contributed by atoms with Crippen LogP contribution in [-0.2, 0) is 13.1 Å². The molecular formula is C35H29N2O2+. The van der Waals surface area contributed by atoms with Crippen molar-refractivity contribution >= 4 is 33.2 Å². The molecule has 0 saturated carbocycles. The fourth-order valence-corrected chi connectivity index (χ4v) is 6.07. The molecule has 0 atom stereocenters. The van der Waals surface area contributed by atoms with Gasteiger partial charge in [0.25, 0.3) is 0 Å². The molecule has 6 aromatic rings. The minimum absolute atomic E-state index is 0.752. The van der Waals surface area contributed by atoms with Crippen molar-refractivity contribution in [1.82, 2.24) is 0 Å². The maximum atomic E-state index is 6.03. The van der Waals surface area contributed by atoms with Gasteiger partial charge in [0.2, 0.25) is 11.0 Å². The first-order valence-electron chi connectivity index (χ1n) is 13.3. The molecule has 0 radical (unpaired) electrons. The van der Waals surface area contributed by atoms with Gasteiger partial charge in [-0.25, -0.2) is 0 Å². The molecule has 4 heteroatoms. The molecule has 1 aliphatic heterocycles. The Bertz CT molecular complexity index is 1830. The maximum absolute atomic E-state index is 6.03. The van der Waals surface area contributed by atoms with Crippen molar-refractivity contribution in [3.63, 3.8) is 0 Å². The van der Waals surface area contributed by atoms with Crippen LogP contribution in [0.25, 0.3) is 32.9 Å². The van der Waals surface area contributed by atoms with Crippen LogP contribution in [0.1, 0.15) is 11.1 Å². The second-order valence-corrected chi connectivity index (χ2v) is 9.90. The summed E-state index contributed by atoms with van der Waals surface area (Å²) in [5.41, 5.74) is 9.39. The third kappa shape index (κ3) is 3.71. The van der Waals surface area contributed by atoms with Crippen LogP contribution in [0.5, 0.6) is 11.5 Å². The van der Waals surface area contributed by atoms with Crippen molar-refractivity contribution in [2.75, 3.05) is 19.1 Å². The molecule has 0 unspecified atom stereocenters. The smallest absolute Gasteiger partial charge is 0.217 e. The first-order valence-corrected chi connectivity index (χ1v) is 13.3. The molecular weight excluding hydrogens is 480 g/mol. The normalized spacial score (nSPS) is 12.0. The Balaban J connectivity index is 1.63. The van der Waals surface area contributed by atoms with Gasteiger partial charge in [-0.3, -0.25) is 0 Å². The van der Waals surface area contributed by atoms with E-state index in [9.17, 15) is 0 Å². The number of fused-ring (bicyclic) bond motifs is 4. The van der Waals surface area contributed by atoms with Crippen molar-refractivity contribution in [2.24, 2.45) is 0 Å². The van der Waals surface area contributed by atoms with Gasteiger partial charge in [0.1, 0.15) is 11.5 Å². The number of aromatic nitrogens is 1. The van der Waals surface area contributed by atoms with Crippen molar-refractivity contribution in [2.45, 2.75) is 13.1 Å². The summed E-state index contributed by atoms with van der Waals surface area (Å²) in [5.74, 6) is 1.71. The lowest BCUT2D eigenvalue weighted by molar-refractivity contribution is -0.635. The number of nitrogens with zero attached hydrogens (tertiary/aromatic N) is 2. The number of hydrogen-bond donors (Lipinski definition) is 0. The molecule has 0 bridgehead atoms. The standard InChI is InChI=1S/C35H29N2O2/c1-38-30-20-10-18-28-33(30)35-32-26(36(28)22-24-12-5-3-6-13-24)16-9-17-27(32)37(23-25-14-7-4-8-15-25)29-19-11-21-31(39-2)34(29)35/h3-21H,22-23H2,1-2H3/q+1. The molecule has 0 saturated heterocycles. The highest BCUT2D eigenvalue weighted by Gasteiger charge is 2.34. The zero-order valence-corrected chi connectivity index (χ0v) is 22.1. The van der Waals surface area contributed by atoms with Gasteiger partial charge >= 0.3 is 0 Å². The van der Waals surface area contributed by atoms with Crippen LogP contribution in [0, 0.1) is 0 Å². The van der Waals surface area contributed by atoms with Crippen LogP contribution < -0.4 is 18.9 Å². The molecule has 0 amide bonds. The van der Waals surface area contributed by atoms with Crippen molar-refractivity contribution in [1.29, 1.82) is 0 Å². The number of benzene rings is 5. The lowest BCUT2D eigenvalue weighted by Crippen LogP contribution is -2.37. The van der Waals surface area contributed by atoms with Crippen LogP contribution >= 0.6 is 0 Å². The van der Waals surface area contributed by atoms with E-state index in [0.29, 0.717) is 0 Å². The van der Waals surface area contributed by atoms with Crippen LogP contribution in [-0.4, -0.2) is 14.2 Å². The predicted octanol–water partition coefficient (Wildman–Crippen LogP) is 7.66. The highest BCUT2D eigenvalue weighted by molar-refractivity contribution is 6.20. The van der Waals surface area contributed by atoms with Gasteiger partial charge in [-0.15, -0.1) is 0 Å². The molecule has 39 heavy (non-hydrogen) atoms. The summed E-state index contributed by atoms with van der Waals surface area (Å²) in [6.07, 6.45) is 0. The summed E-state index contributed by atoms with van der Waals surface area (Å²) in [6.45, 7) is 1.50. The average Bonchev–Trinajstić information content (AvgIpc) is 3.00. The monoisotopic (exact) mass is 509 g/mol. The molecule has 7 rings (SSSR count). The fourth-order valence-electron chi connectivity index (χ4n) is 6.07. The second-order valence-electron chi connectivity index (χ2n) is 9.90. The predicted molar refractivity (Wildman–Crippen MR) is 158 cm³/mol. The van der Waals surface area contributed by atoms with Gasteiger partial charge < -0.3 is 14.4 Å². The van der Waals surface area contributed by atoms with E-state index in [0.717, 1.165) is 52.3 Å². The summed E-state index contributed by atoms with van der Waals surface area (Å²) in [5, 5.41) is 2.30. The first kappa shape index (κ1) is 23.3. The molecule has 2 heterocycles. The number of rotatable bonds is 6. The highest BCUT2D eigenvalue weighted by atomic mass is 16.5. The summed E-state index contributed by atoms with van der Waals surface area (Å²) < 4.78 is 14.5. The van der Waals surface area contributed by atoms with E-state index < -0.39 is 0 Å². The molecule has 0 spiro atoms. The van der Waals surface area contributed by atoms with Crippen LogP contribution in [0.4, 0.5) is 11.4 Å². The Morgan fingerprint density at radius 3 is 1.85 bits per heavy atom. The minimum atomic E-state index is 0.752. The van der Waals surface area contributed by atoms with E-state index >= 15 is 0 Å². The van der Waals surface area contributed by atoms with Gasteiger partial charge in [0, 0.05) is 35.4 Å². The lowest BCUT2D eigenvalue weighted by Gasteiger charge is -2.34. The zero-order valence-electron chi connectivity index (χ0n) is 22.1. The van der Waals surface area contributed by atoms with Crippen molar-refractivity contribution in [3.8, 4) is 22.6 Å². The molecule has 190 valence electrons. The summed E-state index contributed by atoms with van der Waals surface area (Å²) in [6, 6.07) is 40.7. The van der Waals surface area contributed by atoms with E-state index in [1.54, 1.807) is 14.2 Å². The molecule has 4 nitrogen and oxygen atoms in total. The summed E-state index contributed by atoms with van der Waals surface area (Å²) >= 11 is 0. The molecule has 0 fully saturated rings. The van der Waals surface area contributed by atoms with Crippen LogP contribution in [0.15, 0.2) is 115 Å². The Labute approximate surface area is 228 Å². The molecule has 0 N–H and O–H groups in total. The van der Waals surface area contributed by atoms with Crippen molar-refractivity contribution < 1.29 is 14.0 Å². The zero-order chi connectivity index (χ0) is 26.3. The Morgan fingerprint density at radius 1 is 0.538 bits per heavy atom. The van der Waals surface area contributed by atoms with E-state index in [2.05, 4.69) is 125 Å². The number of anilines is 2. The lowest BCUT2D eigenvalue weighted by atomic mass is 9.88. The third-order valence-electron chi connectivity index (χ3n) is 7.75. The van der Waals surface area contributed by atoms with Crippen molar-refractivity contribution in [3.05, 3.63) is 126 Å². The molecule has 0 aliphatic carbocycles. The maximum Gasteiger partial charge on any atom is 0.217 e. The van der Waals surface area contributed by atoms with Gasteiger partial charge in [-0.2, -0.15) is 4.57 Å². The summed E-state index contributed by atoms with van der Waals surface area (Å²) in [4.78, 5) is 2.43. The van der Waals surface area contributed by atoms with E-state index in [-0.39, 0.29) is 0 Å². The SMILES string of the molecule is COc1cccc2c1-c1c3c(OC)cccc3[n+](Cc3ccccc3)c3cccc(c13)N2Cc1ccccc1. The van der Waals surface area contributed by atoms with E-state index in [1.165, 1.54) is 27.7 Å². The Hall–Kier alpha value is -4.83. The molecule has 1 aromatic heterocycles. The van der Waals surface area contributed by atoms with E-state index in [1.807, 2.05) is 0 Å². The molecule has 5 aromatic carbocycles. The number of ether oxygens (including phenoxy) is 2. The first-order chi connectivity index (χ1) is 19.3. The summed E-state index contributed by atoms with van der Waals surface area (Å²) in [7, 11) is 3.51. The number of pyridine rings is 1. The minimum Gasteiger partial charge on any atom is -0.496 e. The van der Waals surface area contributed by atoms with Crippen LogP contribution in [0.3, 0.4) is 0 Å². The Kier molecular flexibility index (Phi) is 5.66. The fraction of sp³-hybridized carbons (Fsp3) is 0.114. The topological polar surface area (TPSA) is 25.6 Å². The van der Waals surface area contributed by atoms with Crippen LogP contribution in [0.2, 0.25) is 0 Å². The second kappa shape index (κ2) is 9.48. The largest absolute Gasteiger partial charge is 0.496 e. The quantitative estimate of drug-likeness (QED) is 0.170. The Morgan fingerprint density at radius 2 is 1.13 bits per heavy atom. The van der Waals surface area contributed by atoms with Gasteiger partial charge in [-0.05, 0) is 29.8 Å².